The quantitative estimate of drug-likeness (QED) is 0.536. The van der Waals surface area contributed by atoms with Gasteiger partial charge in [-0.1, -0.05) is 24.3 Å². The Morgan fingerprint density at radius 3 is 2.78 bits per heavy atom. The van der Waals surface area contributed by atoms with Crippen molar-refractivity contribution in [1.29, 1.82) is 0 Å². The van der Waals surface area contributed by atoms with Gasteiger partial charge in [-0.2, -0.15) is 0 Å². The Morgan fingerprint density at radius 2 is 1.96 bits per heavy atom. The van der Waals surface area contributed by atoms with Crippen molar-refractivity contribution in [3.63, 3.8) is 0 Å². The summed E-state index contributed by atoms with van der Waals surface area (Å²) < 4.78 is 20.9. The number of aryl methyl sites for hydroxylation is 2. The summed E-state index contributed by atoms with van der Waals surface area (Å²) in [6, 6.07) is 15.8. The van der Waals surface area contributed by atoms with Crippen LogP contribution in [-0.4, -0.2) is 10.5 Å². The molecule has 4 nitrogen and oxygen atoms in total. The Labute approximate surface area is 156 Å². The second-order valence-electron chi connectivity index (χ2n) is 6.69. The third kappa shape index (κ3) is 3.36. The minimum absolute atomic E-state index is 0.230. The molecule has 2 aromatic carbocycles. The number of anilines is 1. The fourth-order valence-corrected chi connectivity index (χ4v) is 3.21. The number of rotatable bonds is 4. The van der Waals surface area contributed by atoms with E-state index in [0.717, 1.165) is 27.9 Å². The van der Waals surface area contributed by atoms with Gasteiger partial charge in [0.25, 0.3) is 5.91 Å². The van der Waals surface area contributed by atoms with Gasteiger partial charge in [0.15, 0.2) is 5.58 Å². The molecule has 1 amide bonds. The van der Waals surface area contributed by atoms with Crippen LogP contribution >= 0.6 is 0 Å². The van der Waals surface area contributed by atoms with Gasteiger partial charge < -0.3 is 14.3 Å². The van der Waals surface area contributed by atoms with E-state index in [-0.39, 0.29) is 11.7 Å². The highest BCUT2D eigenvalue weighted by Crippen LogP contribution is 2.24. The lowest BCUT2D eigenvalue weighted by Crippen LogP contribution is -2.18. The molecule has 0 aliphatic carbocycles. The van der Waals surface area contributed by atoms with Crippen LogP contribution in [0.15, 0.2) is 65.3 Å². The number of nitrogens with zero attached hydrogens (tertiary/aromatic N) is 1. The van der Waals surface area contributed by atoms with Crippen molar-refractivity contribution < 1.29 is 13.6 Å². The molecule has 2 aromatic heterocycles. The van der Waals surface area contributed by atoms with Crippen molar-refractivity contribution in [3.8, 4) is 0 Å². The number of fused-ring (bicyclic) bond motifs is 1. The summed E-state index contributed by atoms with van der Waals surface area (Å²) in [5.41, 5.74) is 5.49. The molecule has 5 heteroatoms. The van der Waals surface area contributed by atoms with Gasteiger partial charge >= 0.3 is 0 Å². The van der Waals surface area contributed by atoms with E-state index >= 15 is 0 Å². The molecule has 0 unspecified atom stereocenters. The summed E-state index contributed by atoms with van der Waals surface area (Å²) in [4.78, 5) is 13.0. The van der Waals surface area contributed by atoms with E-state index < -0.39 is 0 Å². The Hall–Kier alpha value is -3.34. The largest absolute Gasteiger partial charge is 0.463 e. The van der Waals surface area contributed by atoms with Gasteiger partial charge in [0.05, 0.1) is 11.8 Å². The Kier molecular flexibility index (Phi) is 4.28. The summed E-state index contributed by atoms with van der Waals surface area (Å²) in [5.74, 6) is -0.531. The van der Waals surface area contributed by atoms with E-state index in [9.17, 15) is 9.18 Å². The lowest BCUT2D eigenvalue weighted by atomic mass is 10.1. The van der Waals surface area contributed by atoms with Gasteiger partial charge in [0, 0.05) is 24.4 Å². The van der Waals surface area contributed by atoms with Gasteiger partial charge in [0.2, 0.25) is 0 Å². The number of amides is 1. The topological polar surface area (TPSA) is 47.2 Å². The molecule has 0 aliphatic heterocycles. The summed E-state index contributed by atoms with van der Waals surface area (Å²) in [7, 11) is 0. The standard InChI is InChI=1S/C22H19FN2O2/c1-14-6-7-15(2)18(10-14)24-22(26)20-12-21-19(8-9-27-21)25(20)13-16-4-3-5-17(23)11-16/h3-12H,13H2,1-2H3,(H,24,26). The number of hydrogen-bond acceptors (Lipinski definition) is 2. The lowest BCUT2D eigenvalue weighted by molar-refractivity contribution is 0.101. The van der Waals surface area contributed by atoms with Crippen LogP contribution in [0, 0.1) is 19.7 Å². The molecule has 0 saturated heterocycles. The molecule has 0 radical (unpaired) electrons. The predicted molar refractivity (Wildman–Crippen MR) is 104 cm³/mol. The van der Waals surface area contributed by atoms with E-state index in [1.54, 1.807) is 18.4 Å². The first-order valence-corrected chi connectivity index (χ1v) is 8.71. The number of carbonyl (C=O) groups is 1. The number of halogens is 1. The van der Waals surface area contributed by atoms with Crippen LogP contribution in [0.5, 0.6) is 0 Å². The molecule has 0 atom stereocenters. The zero-order chi connectivity index (χ0) is 19.0. The number of aromatic nitrogens is 1. The number of benzene rings is 2. The molecule has 0 saturated carbocycles. The molecule has 0 bridgehead atoms. The molecular weight excluding hydrogens is 343 g/mol. The highest BCUT2D eigenvalue weighted by molar-refractivity contribution is 6.06. The SMILES string of the molecule is Cc1ccc(C)c(NC(=O)c2cc3occc3n2Cc2cccc(F)c2)c1. The van der Waals surface area contributed by atoms with Crippen molar-refractivity contribution >= 4 is 22.7 Å². The van der Waals surface area contributed by atoms with Gasteiger partial charge in [-0.25, -0.2) is 4.39 Å². The van der Waals surface area contributed by atoms with Gasteiger partial charge in [-0.3, -0.25) is 4.79 Å². The smallest absolute Gasteiger partial charge is 0.272 e. The summed E-state index contributed by atoms with van der Waals surface area (Å²) in [5, 5.41) is 2.98. The highest BCUT2D eigenvalue weighted by atomic mass is 19.1. The summed E-state index contributed by atoms with van der Waals surface area (Å²) in [6.45, 7) is 4.30. The average molecular weight is 362 g/mol. The fourth-order valence-electron chi connectivity index (χ4n) is 3.21. The number of carbonyl (C=O) groups excluding carboxylic acids is 1. The highest BCUT2D eigenvalue weighted by Gasteiger charge is 2.18. The molecule has 0 aliphatic rings. The average Bonchev–Trinajstić information content (AvgIpc) is 3.21. The first kappa shape index (κ1) is 17.1. The maximum Gasteiger partial charge on any atom is 0.272 e. The van der Waals surface area contributed by atoms with Crippen LogP contribution < -0.4 is 5.32 Å². The van der Waals surface area contributed by atoms with E-state index in [4.69, 9.17) is 4.42 Å². The lowest BCUT2D eigenvalue weighted by Gasteiger charge is -2.12. The van der Waals surface area contributed by atoms with E-state index in [1.807, 2.05) is 48.7 Å². The van der Waals surface area contributed by atoms with Crippen LogP contribution in [0.2, 0.25) is 0 Å². The summed E-state index contributed by atoms with van der Waals surface area (Å²) in [6.07, 6.45) is 1.58. The van der Waals surface area contributed by atoms with Crippen LogP contribution in [0.1, 0.15) is 27.2 Å². The van der Waals surface area contributed by atoms with Gasteiger partial charge in [-0.05, 0) is 48.7 Å². The van der Waals surface area contributed by atoms with E-state index in [2.05, 4.69) is 5.32 Å². The first-order valence-electron chi connectivity index (χ1n) is 8.71. The van der Waals surface area contributed by atoms with Gasteiger partial charge in [0.1, 0.15) is 11.5 Å². The molecule has 4 rings (SSSR count). The number of furan rings is 1. The molecule has 0 spiro atoms. The molecular formula is C22H19FN2O2. The monoisotopic (exact) mass is 362 g/mol. The second kappa shape index (κ2) is 6.76. The van der Waals surface area contributed by atoms with Crippen molar-refractivity contribution in [2.45, 2.75) is 20.4 Å². The van der Waals surface area contributed by atoms with Gasteiger partial charge in [-0.15, -0.1) is 0 Å². The van der Waals surface area contributed by atoms with Crippen LogP contribution in [0.3, 0.4) is 0 Å². The summed E-state index contributed by atoms with van der Waals surface area (Å²) >= 11 is 0. The third-order valence-corrected chi connectivity index (χ3v) is 4.63. The van der Waals surface area contributed by atoms with E-state index in [0.29, 0.717) is 17.8 Å². The zero-order valence-corrected chi connectivity index (χ0v) is 15.1. The Morgan fingerprint density at radius 1 is 1.11 bits per heavy atom. The fraction of sp³-hybridized carbons (Fsp3) is 0.136. The molecule has 1 N–H and O–H groups in total. The molecule has 136 valence electrons. The predicted octanol–water partition coefficient (Wildman–Crippen LogP) is 5.29. The normalized spacial score (nSPS) is 11.1. The molecule has 2 heterocycles. The zero-order valence-electron chi connectivity index (χ0n) is 15.1. The molecule has 0 fully saturated rings. The number of nitrogens with one attached hydrogen (secondary N) is 1. The van der Waals surface area contributed by atoms with E-state index in [1.165, 1.54) is 12.1 Å². The second-order valence-corrected chi connectivity index (χ2v) is 6.69. The van der Waals surface area contributed by atoms with Crippen LogP contribution in [-0.2, 0) is 6.54 Å². The minimum Gasteiger partial charge on any atom is -0.463 e. The van der Waals surface area contributed by atoms with Crippen molar-refractivity contribution in [3.05, 3.63) is 89.1 Å². The van der Waals surface area contributed by atoms with Crippen molar-refractivity contribution in [2.24, 2.45) is 0 Å². The third-order valence-electron chi connectivity index (χ3n) is 4.63. The van der Waals surface area contributed by atoms with Crippen molar-refractivity contribution in [1.82, 2.24) is 4.57 Å². The van der Waals surface area contributed by atoms with Crippen LogP contribution in [0.25, 0.3) is 11.1 Å². The minimum atomic E-state index is -0.301. The number of hydrogen-bond donors (Lipinski definition) is 1. The maximum atomic E-state index is 13.6. The van der Waals surface area contributed by atoms with Crippen molar-refractivity contribution in [2.75, 3.05) is 5.32 Å². The van der Waals surface area contributed by atoms with Crippen LogP contribution in [0.4, 0.5) is 10.1 Å². The molecule has 4 aromatic rings. The maximum absolute atomic E-state index is 13.6. The Bertz CT molecular complexity index is 1140. The Balaban J connectivity index is 1.72. The molecule has 27 heavy (non-hydrogen) atoms. The first-order chi connectivity index (χ1) is 13.0.